The quantitative estimate of drug-likeness (QED) is 0.635. The Hall–Kier alpha value is -1.51. The fourth-order valence-corrected chi connectivity index (χ4v) is 1.35. The van der Waals surface area contributed by atoms with E-state index in [9.17, 15) is 4.79 Å². The highest BCUT2D eigenvalue weighted by molar-refractivity contribution is 7.80. The fourth-order valence-electron chi connectivity index (χ4n) is 1.04. The second kappa shape index (κ2) is 4.13. The van der Waals surface area contributed by atoms with Crippen molar-refractivity contribution in [2.45, 2.75) is 11.5 Å². The molecule has 0 heterocycles. The van der Waals surface area contributed by atoms with E-state index in [-0.39, 0.29) is 22.6 Å². The standard InChI is InChI=1S/C9H7NO3S/c10-3-5-1-7(9(12)13)8(14)2-6(5)4-11/h1-2,11,14H,4H2,(H,12,13). The van der Waals surface area contributed by atoms with E-state index in [1.807, 2.05) is 6.07 Å². The molecule has 0 aliphatic heterocycles. The Labute approximate surface area is 85.8 Å². The van der Waals surface area contributed by atoms with Crippen LogP contribution in [0.15, 0.2) is 17.0 Å². The van der Waals surface area contributed by atoms with Crippen LogP contribution in [0, 0.1) is 11.3 Å². The first kappa shape index (κ1) is 10.6. The number of carbonyl (C=O) groups is 1. The first-order chi connectivity index (χ1) is 6.60. The smallest absolute Gasteiger partial charge is 0.336 e. The molecule has 1 rings (SSSR count). The number of hydrogen-bond donors (Lipinski definition) is 3. The van der Waals surface area contributed by atoms with Crippen molar-refractivity contribution >= 4 is 18.6 Å². The Kier molecular flexibility index (Phi) is 3.12. The normalized spacial score (nSPS) is 9.50. The summed E-state index contributed by atoms with van der Waals surface area (Å²) in [6, 6.07) is 4.40. The van der Waals surface area contributed by atoms with E-state index in [0.29, 0.717) is 5.56 Å². The van der Waals surface area contributed by atoms with Crippen molar-refractivity contribution in [1.82, 2.24) is 0 Å². The molecule has 0 saturated carbocycles. The molecule has 5 heteroatoms. The highest BCUT2D eigenvalue weighted by Gasteiger charge is 2.12. The maximum atomic E-state index is 10.7. The van der Waals surface area contributed by atoms with E-state index in [0.717, 1.165) is 0 Å². The van der Waals surface area contributed by atoms with Crippen molar-refractivity contribution in [3.63, 3.8) is 0 Å². The molecule has 0 aliphatic carbocycles. The third kappa shape index (κ3) is 1.87. The maximum Gasteiger partial charge on any atom is 0.336 e. The lowest BCUT2D eigenvalue weighted by atomic mass is 10.1. The molecule has 0 unspecified atom stereocenters. The van der Waals surface area contributed by atoms with Gasteiger partial charge in [-0.05, 0) is 17.7 Å². The van der Waals surface area contributed by atoms with Gasteiger partial charge >= 0.3 is 5.97 Å². The zero-order valence-corrected chi connectivity index (χ0v) is 7.95. The lowest BCUT2D eigenvalue weighted by Gasteiger charge is -2.04. The van der Waals surface area contributed by atoms with Gasteiger partial charge < -0.3 is 10.2 Å². The number of aromatic carboxylic acids is 1. The minimum atomic E-state index is -1.14. The monoisotopic (exact) mass is 209 g/mol. The van der Waals surface area contributed by atoms with E-state index in [1.165, 1.54) is 12.1 Å². The Balaban J connectivity index is 3.40. The Morgan fingerprint density at radius 3 is 2.64 bits per heavy atom. The fraction of sp³-hybridized carbons (Fsp3) is 0.111. The molecule has 0 fully saturated rings. The van der Waals surface area contributed by atoms with Crippen molar-refractivity contribution in [3.05, 3.63) is 28.8 Å². The summed E-state index contributed by atoms with van der Waals surface area (Å²) in [6.45, 7) is -0.309. The van der Waals surface area contributed by atoms with E-state index in [4.69, 9.17) is 15.5 Å². The number of hydrogen-bond acceptors (Lipinski definition) is 4. The molecular formula is C9H7NO3S. The van der Waals surface area contributed by atoms with E-state index >= 15 is 0 Å². The molecule has 0 bridgehead atoms. The van der Waals surface area contributed by atoms with Gasteiger partial charge in [-0.25, -0.2) is 4.79 Å². The highest BCUT2D eigenvalue weighted by atomic mass is 32.1. The van der Waals surface area contributed by atoms with Crippen molar-refractivity contribution in [2.24, 2.45) is 0 Å². The van der Waals surface area contributed by atoms with Crippen LogP contribution >= 0.6 is 12.6 Å². The van der Waals surface area contributed by atoms with Crippen molar-refractivity contribution in [2.75, 3.05) is 0 Å². The minimum absolute atomic E-state index is 0.0397. The lowest BCUT2D eigenvalue weighted by molar-refractivity contribution is 0.0693. The van der Waals surface area contributed by atoms with E-state index in [1.54, 1.807) is 0 Å². The first-order valence-corrected chi connectivity index (χ1v) is 4.15. The molecule has 0 amide bonds. The summed E-state index contributed by atoms with van der Waals surface area (Å²) in [5, 5.41) is 26.3. The lowest BCUT2D eigenvalue weighted by Crippen LogP contribution is -2.01. The number of carboxylic acids is 1. The summed E-state index contributed by atoms with van der Waals surface area (Å²) >= 11 is 3.95. The Morgan fingerprint density at radius 1 is 1.57 bits per heavy atom. The number of aliphatic hydroxyl groups excluding tert-OH is 1. The Morgan fingerprint density at radius 2 is 2.21 bits per heavy atom. The zero-order chi connectivity index (χ0) is 10.7. The molecule has 0 aromatic heterocycles. The maximum absolute atomic E-state index is 10.7. The van der Waals surface area contributed by atoms with Crippen LogP contribution in [-0.4, -0.2) is 16.2 Å². The van der Waals surface area contributed by atoms with Crippen LogP contribution in [0.5, 0.6) is 0 Å². The van der Waals surface area contributed by atoms with Crippen LogP contribution in [0.3, 0.4) is 0 Å². The molecule has 4 nitrogen and oxygen atoms in total. The van der Waals surface area contributed by atoms with Crippen LogP contribution in [0.1, 0.15) is 21.5 Å². The van der Waals surface area contributed by atoms with E-state index in [2.05, 4.69) is 12.6 Å². The molecule has 72 valence electrons. The summed E-state index contributed by atoms with van der Waals surface area (Å²) in [7, 11) is 0. The SMILES string of the molecule is N#Cc1cc(C(=O)O)c(S)cc1CO. The largest absolute Gasteiger partial charge is 0.478 e. The van der Waals surface area contributed by atoms with Crippen LogP contribution in [0.4, 0.5) is 0 Å². The number of aliphatic hydroxyl groups is 1. The molecular weight excluding hydrogens is 202 g/mol. The van der Waals surface area contributed by atoms with Gasteiger partial charge in [-0.15, -0.1) is 12.6 Å². The topological polar surface area (TPSA) is 81.3 Å². The van der Waals surface area contributed by atoms with Gasteiger partial charge in [0.1, 0.15) is 0 Å². The van der Waals surface area contributed by atoms with Gasteiger partial charge in [0.25, 0.3) is 0 Å². The number of nitriles is 1. The summed E-state index contributed by atoms with van der Waals surface area (Å²) in [6.07, 6.45) is 0. The van der Waals surface area contributed by atoms with Gasteiger partial charge in [-0.2, -0.15) is 5.26 Å². The molecule has 1 aromatic carbocycles. The number of rotatable bonds is 2. The third-order valence-corrected chi connectivity index (χ3v) is 2.11. The minimum Gasteiger partial charge on any atom is -0.478 e. The molecule has 0 saturated heterocycles. The third-order valence-electron chi connectivity index (χ3n) is 1.74. The van der Waals surface area contributed by atoms with Crippen molar-refractivity contribution < 1.29 is 15.0 Å². The van der Waals surface area contributed by atoms with Crippen LogP contribution in [-0.2, 0) is 6.61 Å². The van der Waals surface area contributed by atoms with Crippen LogP contribution < -0.4 is 0 Å². The highest BCUT2D eigenvalue weighted by Crippen LogP contribution is 2.20. The average Bonchev–Trinajstić information content (AvgIpc) is 2.16. The summed E-state index contributed by atoms with van der Waals surface area (Å²) in [5.41, 5.74) is 0.493. The van der Waals surface area contributed by atoms with Gasteiger partial charge in [-0.1, -0.05) is 0 Å². The molecule has 0 radical (unpaired) electrons. The van der Waals surface area contributed by atoms with Gasteiger partial charge in [0, 0.05) is 4.90 Å². The molecule has 14 heavy (non-hydrogen) atoms. The summed E-state index contributed by atoms with van der Waals surface area (Å²) in [4.78, 5) is 10.9. The summed E-state index contributed by atoms with van der Waals surface area (Å²) < 4.78 is 0. The van der Waals surface area contributed by atoms with Crippen LogP contribution in [0.25, 0.3) is 0 Å². The molecule has 0 atom stereocenters. The van der Waals surface area contributed by atoms with Gasteiger partial charge in [-0.3, -0.25) is 0 Å². The second-order valence-electron chi connectivity index (χ2n) is 2.60. The number of thiol groups is 1. The number of nitrogens with zero attached hydrogens (tertiary/aromatic N) is 1. The predicted molar refractivity (Wildman–Crippen MR) is 51.3 cm³/mol. The number of carboxylic acid groups (broad SMARTS) is 1. The predicted octanol–water partition coefficient (Wildman–Crippen LogP) is 1.04. The first-order valence-electron chi connectivity index (χ1n) is 3.70. The van der Waals surface area contributed by atoms with Crippen molar-refractivity contribution in [1.29, 1.82) is 5.26 Å². The molecule has 0 aliphatic rings. The molecule has 1 aromatic rings. The zero-order valence-electron chi connectivity index (χ0n) is 7.06. The Bertz CT molecular complexity index is 423. The van der Waals surface area contributed by atoms with Crippen molar-refractivity contribution in [3.8, 4) is 6.07 Å². The van der Waals surface area contributed by atoms with E-state index < -0.39 is 5.97 Å². The average molecular weight is 209 g/mol. The van der Waals surface area contributed by atoms with Gasteiger partial charge in [0.05, 0.1) is 23.8 Å². The second-order valence-corrected chi connectivity index (χ2v) is 3.08. The van der Waals surface area contributed by atoms with Gasteiger partial charge in [0.2, 0.25) is 0 Å². The summed E-state index contributed by atoms with van der Waals surface area (Å²) in [5.74, 6) is -1.14. The molecule has 2 N–H and O–H groups in total. The molecule has 0 spiro atoms. The number of benzene rings is 1. The van der Waals surface area contributed by atoms with Crippen LogP contribution in [0.2, 0.25) is 0 Å². The van der Waals surface area contributed by atoms with Gasteiger partial charge in [0.15, 0.2) is 0 Å².